The van der Waals surface area contributed by atoms with E-state index in [4.69, 9.17) is 5.11 Å². The van der Waals surface area contributed by atoms with Crippen LogP contribution in [0.3, 0.4) is 0 Å². The Morgan fingerprint density at radius 1 is 1.25 bits per heavy atom. The SMILES string of the molecule is CC(C)c1cccc(C=CC[C@H](C)CO)c1. The van der Waals surface area contributed by atoms with Crippen molar-refractivity contribution in [2.24, 2.45) is 5.92 Å². The molecule has 0 saturated heterocycles. The number of hydrogen-bond donors (Lipinski definition) is 1. The van der Waals surface area contributed by atoms with Gasteiger partial charge in [-0.3, -0.25) is 0 Å². The molecule has 0 aliphatic carbocycles. The van der Waals surface area contributed by atoms with E-state index in [1.807, 2.05) is 0 Å². The molecule has 1 heteroatoms. The maximum atomic E-state index is 8.91. The quantitative estimate of drug-likeness (QED) is 0.796. The average Bonchev–Trinajstić information content (AvgIpc) is 2.29. The minimum atomic E-state index is 0.260. The maximum Gasteiger partial charge on any atom is 0.0459 e. The van der Waals surface area contributed by atoms with Crippen molar-refractivity contribution < 1.29 is 5.11 Å². The molecule has 16 heavy (non-hydrogen) atoms. The Morgan fingerprint density at radius 3 is 2.62 bits per heavy atom. The van der Waals surface area contributed by atoms with Crippen molar-refractivity contribution in [2.75, 3.05) is 6.61 Å². The predicted octanol–water partition coefficient (Wildman–Crippen LogP) is 3.84. The van der Waals surface area contributed by atoms with Crippen LogP contribution in [0.2, 0.25) is 0 Å². The molecule has 88 valence electrons. The number of allylic oxidation sites excluding steroid dienone is 1. The standard InChI is InChI=1S/C15H22O/c1-12(2)15-9-5-8-14(10-15)7-4-6-13(3)11-16/h4-5,7-10,12-13,16H,6,11H2,1-3H3/t13-/m0/s1. The van der Waals surface area contributed by atoms with Crippen LogP contribution < -0.4 is 0 Å². The van der Waals surface area contributed by atoms with Crippen LogP contribution in [0.25, 0.3) is 6.08 Å². The normalized spacial score (nSPS) is 13.6. The second kappa shape index (κ2) is 6.49. The van der Waals surface area contributed by atoms with Gasteiger partial charge in [0.05, 0.1) is 0 Å². The van der Waals surface area contributed by atoms with Crippen molar-refractivity contribution in [3.05, 3.63) is 41.5 Å². The minimum Gasteiger partial charge on any atom is -0.396 e. The third-order valence-electron chi connectivity index (χ3n) is 2.74. The number of aliphatic hydroxyl groups excluding tert-OH is 1. The summed E-state index contributed by atoms with van der Waals surface area (Å²) in [5, 5.41) is 8.91. The summed E-state index contributed by atoms with van der Waals surface area (Å²) < 4.78 is 0. The smallest absolute Gasteiger partial charge is 0.0459 e. The van der Waals surface area contributed by atoms with Crippen LogP contribution in [0, 0.1) is 5.92 Å². The Labute approximate surface area is 98.8 Å². The molecule has 0 bridgehead atoms. The molecular weight excluding hydrogens is 196 g/mol. The predicted molar refractivity (Wildman–Crippen MR) is 70.4 cm³/mol. The third kappa shape index (κ3) is 4.19. The lowest BCUT2D eigenvalue weighted by atomic mass is 10.0. The first kappa shape index (κ1) is 13.0. The maximum absolute atomic E-state index is 8.91. The Kier molecular flexibility index (Phi) is 5.27. The first-order valence-corrected chi connectivity index (χ1v) is 6.01. The molecule has 0 amide bonds. The molecule has 0 fully saturated rings. The molecule has 0 heterocycles. The summed E-state index contributed by atoms with van der Waals surface area (Å²) in [6, 6.07) is 8.61. The van der Waals surface area contributed by atoms with E-state index < -0.39 is 0 Å². The number of benzene rings is 1. The van der Waals surface area contributed by atoms with Crippen LogP contribution in [-0.2, 0) is 0 Å². The van der Waals surface area contributed by atoms with E-state index in [1.54, 1.807) is 0 Å². The Morgan fingerprint density at radius 2 is 2.00 bits per heavy atom. The minimum absolute atomic E-state index is 0.260. The second-order valence-electron chi connectivity index (χ2n) is 4.75. The summed E-state index contributed by atoms with van der Waals surface area (Å²) in [5.41, 5.74) is 2.62. The summed E-state index contributed by atoms with van der Waals surface area (Å²) in [4.78, 5) is 0. The lowest BCUT2D eigenvalue weighted by Crippen LogP contribution is -1.97. The van der Waals surface area contributed by atoms with E-state index in [0.29, 0.717) is 11.8 Å². The van der Waals surface area contributed by atoms with Gasteiger partial charge in [-0.15, -0.1) is 0 Å². The largest absolute Gasteiger partial charge is 0.396 e. The number of rotatable bonds is 5. The van der Waals surface area contributed by atoms with Crippen LogP contribution >= 0.6 is 0 Å². The summed E-state index contributed by atoms with van der Waals surface area (Å²) in [6.45, 7) is 6.72. The molecule has 1 N–H and O–H groups in total. The number of aliphatic hydroxyl groups is 1. The third-order valence-corrected chi connectivity index (χ3v) is 2.74. The zero-order valence-electron chi connectivity index (χ0n) is 10.5. The average molecular weight is 218 g/mol. The van der Waals surface area contributed by atoms with Crippen LogP contribution in [0.1, 0.15) is 44.2 Å². The highest BCUT2D eigenvalue weighted by Gasteiger charge is 1.98. The van der Waals surface area contributed by atoms with Gasteiger partial charge in [-0.05, 0) is 29.4 Å². The van der Waals surface area contributed by atoms with Crippen molar-refractivity contribution >= 4 is 6.08 Å². The fraction of sp³-hybridized carbons (Fsp3) is 0.467. The van der Waals surface area contributed by atoms with E-state index in [2.05, 4.69) is 57.2 Å². The molecule has 0 spiro atoms. The van der Waals surface area contributed by atoms with Crippen LogP contribution in [-0.4, -0.2) is 11.7 Å². The fourth-order valence-electron chi connectivity index (χ4n) is 1.53. The van der Waals surface area contributed by atoms with Gasteiger partial charge in [0.1, 0.15) is 0 Å². The molecule has 0 unspecified atom stereocenters. The van der Waals surface area contributed by atoms with Crippen molar-refractivity contribution in [3.8, 4) is 0 Å². The highest BCUT2D eigenvalue weighted by Crippen LogP contribution is 2.16. The molecule has 0 radical (unpaired) electrons. The highest BCUT2D eigenvalue weighted by atomic mass is 16.3. The zero-order valence-corrected chi connectivity index (χ0v) is 10.5. The van der Waals surface area contributed by atoms with Gasteiger partial charge in [0.2, 0.25) is 0 Å². The van der Waals surface area contributed by atoms with Gasteiger partial charge in [-0.1, -0.05) is 57.2 Å². The molecule has 1 aromatic rings. The molecule has 0 aromatic heterocycles. The second-order valence-corrected chi connectivity index (χ2v) is 4.75. The molecule has 1 nitrogen and oxygen atoms in total. The van der Waals surface area contributed by atoms with Gasteiger partial charge in [0.15, 0.2) is 0 Å². The first-order valence-electron chi connectivity index (χ1n) is 6.01. The van der Waals surface area contributed by atoms with E-state index in [9.17, 15) is 0 Å². The molecular formula is C15H22O. The van der Waals surface area contributed by atoms with Gasteiger partial charge in [0, 0.05) is 6.61 Å². The monoisotopic (exact) mass is 218 g/mol. The summed E-state index contributed by atoms with van der Waals surface area (Å²) >= 11 is 0. The molecule has 1 aromatic carbocycles. The van der Waals surface area contributed by atoms with Crippen LogP contribution in [0.15, 0.2) is 30.3 Å². The highest BCUT2D eigenvalue weighted by molar-refractivity contribution is 5.50. The van der Waals surface area contributed by atoms with Crippen LogP contribution in [0.5, 0.6) is 0 Å². The molecule has 0 saturated carbocycles. The van der Waals surface area contributed by atoms with Gasteiger partial charge in [-0.2, -0.15) is 0 Å². The summed E-state index contributed by atoms with van der Waals surface area (Å²) in [7, 11) is 0. The zero-order chi connectivity index (χ0) is 12.0. The van der Waals surface area contributed by atoms with Gasteiger partial charge >= 0.3 is 0 Å². The topological polar surface area (TPSA) is 20.2 Å². The lowest BCUT2D eigenvalue weighted by Gasteiger charge is -2.06. The van der Waals surface area contributed by atoms with Gasteiger partial charge in [0.25, 0.3) is 0 Å². The van der Waals surface area contributed by atoms with E-state index in [-0.39, 0.29) is 6.61 Å². The molecule has 1 rings (SSSR count). The van der Waals surface area contributed by atoms with E-state index >= 15 is 0 Å². The van der Waals surface area contributed by atoms with Crippen molar-refractivity contribution in [1.82, 2.24) is 0 Å². The lowest BCUT2D eigenvalue weighted by molar-refractivity contribution is 0.239. The van der Waals surface area contributed by atoms with Crippen molar-refractivity contribution in [1.29, 1.82) is 0 Å². The van der Waals surface area contributed by atoms with Crippen molar-refractivity contribution in [3.63, 3.8) is 0 Å². The van der Waals surface area contributed by atoms with Crippen LogP contribution in [0.4, 0.5) is 0 Å². The van der Waals surface area contributed by atoms with Gasteiger partial charge < -0.3 is 5.11 Å². The Hall–Kier alpha value is -1.08. The fourth-order valence-corrected chi connectivity index (χ4v) is 1.53. The van der Waals surface area contributed by atoms with E-state index in [1.165, 1.54) is 11.1 Å². The molecule has 0 aliphatic rings. The van der Waals surface area contributed by atoms with E-state index in [0.717, 1.165) is 6.42 Å². The Bertz CT molecular complexity index is 339. The number of hydrogen-bond acceptors (Lipinski definition) is 1. The van der Waals surface area contributed by atoms with Gasteiger partial charge in [-0.25, -0.2) is 0 Å². The molecule has 1 atom stereocenters. The summed E-state index contributed by atoms with van der Waals surface area (Å²) in [6.07, 6.45) is 5.21. The first-order chi connectivity index (χ1) is 7.63. The van der Waals surface area contributed by atoms with Crippen molar-refractivity contribution in [2.45, 2.75) is 33.1 Å². The Balaban J connectivity index is 2.63. The summed E-state index contributed by atoms with van der Waals surface area (Å²) in [5.74, 6) is 0.925. The molecule has 0 aliphatic heterocycles.